The highest BCUT2D eigenvalue weighted by Crippen LogP contribution is 2.20. The van der Waals surface area contributed by atoms with E-state index in [4.69, 9.17) is 5.73 Å². The molecule has 1 aliphatic rings. The van der Waals surface area contributed by atoms with Crippen LogP contribution in [0.15, 0.2) is 18.2 Å². The Labute approximate surface area is 137 Å². The maximum atomic E-state index is 13.1. The SMILES string of the molecule is Cc1cc(F)ccc1CN1CCCC(C(=O)NCCN)C1.Cl. The van der Waals surface area contributed by atoms with Crippen LogP contribution in [0.25, 0.3) is 0 Å². The van der Waals surface area contributed by atoms with E-state index in [9.17, 15) is 9.18 Å². The van der Waals surface area contributed by atoms with E-state index in [1.165, 1.54) is 6.07 Å². The van der Waals surface area contributed by atoms with Gasteiger partial charge in [0.25, 0.3) is 0 Å². The average Bonchev–Trinajstić information content (AvgIpc) is 2.48. The highest BCUT2D eigenvalue weighted by Gasteiger charge is 2.25. The van der Waals surface area contributed by atoms with E-state index in [1.807, 2.05) is 13.0 Å². The lowest BCUT2D eigenvalue weighted by Gasteiger charge is -2.32. The fourth-order valence-corrected chi connectivity index (χ4v) is 2.83. The maximum absolute atomic E-state index is 13.1. The van der Waals surface area contributed by atoms with Crippen molar-refractivity contribution in [3.05, 3.63) is 35.1 Å². The predicted octanol–water partition coefficient (Wildman–Crippen LogP) is 1.84. The molecule has 0 aromatic heterocycles. The lowest BCUT2D eigenvalue weighted by Crippen LogP contribution is -2.43. The molecule has 124 valence electrons. The topological polar surface area (TPSA) is 58.4 Å². The van der Waals surface area contributed by atoms with E-state index in [2.05, 4.69) is 10.2 Å². The van der Waals surface area contributed by atoms with Gasteiger partial charge in [0.1, 0.15) is 5.82 Å². The van der Waals surface area contributed by atoms with Gasteiger partial charge in [0.2, 0.25) is 5.91 Å². The molecule has 6 heteroatoms. The molecule has 0 bridgehead atoms. The molecule has 1 amide bonds. The van der Waals surface area contributed by atoms with Crippen molar-refractivity contribution in [1.82, 2.24) is 10.2 Å². The molecule has 22 heavy (non-hydrogen) atoms. The summed E-state index contributed by atoms with van der Waals surface area (Å²) >= 11 is 0. The molecule has 4 nitrogen and oxygen atoms in total. The number of hydrogen-bond donors (Lipinski definition) is 2. The normalized spacial score (nSPS) is 18.6. The zero-order chi connectivity index (χ0) is 15.2. The average molecular weight is 330 g/mol. The second-order valence-corrected chi connectivity index (χ2v) is 5.72. The molecule has 1 aliphatic heterocycles. The van der Waals surface area contributed by atoms with E-state index in [-0.39, 0.29) is 30.0 Å². The van der Waals surface area contributed by atoms with Crippen LogP contribution in [0.5, 0.6) is 0 Å². The van der Waals surface area contributed by atoms with Crippen LogP contribution >= 0.6 is 12.4 Å². The van der Waals surface area contributed by atoms with Crippen molar-refractivity contribution < 1.29 is 9.18 Å². The second kappa shape index (κ2) is 9.08. The monoisotopic (exact) mass is 329 g/mol. The second-order valence-electron chi connectivity index (χ2n) is 5.72. The van der Waals surface area contributed by atoms with Crippen molar-refractivity contribution in [2.45, 2.75) is 26.3 Å². The van der Waals surface area contributed by atoms with Gasteiger partial charge in [-0.1, -0.05) is 6.07 Å². The summed E-state index contributed by atoms with van der Waals surface area (Å²) in [5.41, 5.74) is 7.50. The van der Waals surface area contributed by atoms with Gasteiger partial charge in [0, 0.05) is 26.2 Å². The van der Waals surface area contributed by atoms with Crippen LogP contribution in [-0.2, 0) is 11.3 Å². The lowest BCUT2D eigenvalue weighted by atomic mass is 9.96. The molecule has 1 atom stereocenters. The Morgan fingerprint density at radius 1 is 1.50 bits per heavy atom. The smallest absolute Gasteiger partial charge is 0.224 e. The molecule has 1 aromatic rings. The third-order valence-electron chi connectivity index (χ3n) is 4.02. The molecule has 3 N–H and O–H groups in total. The third-order valence-corrected chi connectivity index (χ3v) is 4.02. The number of nitrogens with one attached hydrogen (secondary N) is 1. The predicted molar refractivity (Wildman–Crippen MR) is 88.5 cm³/mol. The molecule has 0 radical (unpaired) electrons. The van der Waals surface area contributed by atoms with Crippen LogP contribution in [0.1, 0.15) is 24.0 Å². The van der Waals surface area contributed by atoms with Gasteiger partial charge in [-0.3, -0.25) is 9.69 Å². The summed E-state index contributed by atoms with van der Waals surface area (Å²) in [6.45, 7) is 5.44. The van der Waals surface area contributed by atoms with Crippen molar-refractivity contribution in [2.75, 3.05) is 26.2 Å². The number of rotatable bonds is 5. The Bertz CT molecular complexity index is 498. The van der Waals surface area contributed by atoms with Crippen molar-refractivity contribution in [1.29, 1.82) is 0 Å². The fourth-order valence-electron chi connectivity index (χ4n) is 2.83. The summed E-state index contributed by atoms with van der Waals surface area (Å²) < 4.78 is 13.1. The number of aryl methyl sites for hydroxylation is 1. The summed E-state index contributed by atoms with van der Waals surface area (Å²) in [5.74, 6) is -0.0686. The van der Waals surface area contributed by atoms with E-state index in [1.54, 1.807) is 6.07 Å². The highest BCUT2D eigenvalue weighted by atomic mass is 35.5. The first-order valence-corrected chi connectivity index (χ1v) is 7.55. The van der Waals surface area contributed by atoms with E-state index >= 15 is 0 Å². The lowest BCUT2D eigenvalue weighted by molar-refractivity contribution is -0.126. The quantitative estimate of drug-likeness (QED) is 0.866. The number of hydrogen-bond acceptors (Lipinski definition) is 3. The first-order chi connectivity index (χ1) is 10.1. The summed E-state index contributed by atoms with van der Waals surface area (Å²) in [6.07, 6.45) is 1.94. The molecular weight excluding hydrogens is 305 g/mol. The van der Waals surface area contributed by atoms with Crippen molar-refractivity contribution in [2.24, 2.45) is 11.7 Å². The number of likely N-dealkylation sites (tertiary alicyclic amines) is 1. The number of halogens is 2. The van der Waals surface area contributed by atoms with Crippen LogP contribution in [-0.4, -0.2) is 37.0 Å². The van der Waals surface area contributed by atoms with Gasteiger partial charge in [-0.2, -0.15) is 0 Å². The Kier molecular flexibility index (Phi) is 7.79. The number of carbonyl (C=O) groups excluding carboxylic acids is 1. The first-order valence-electron chi connectivity index (χ1n) is 7.55. The number of amides is 1. The molecule has 1 saturated heterocycles. The Morgan fingerprint density at radius 3 is 2.95 bits per heavy atom. The number of carbonyl (C=O) groups is 1. The zero-order valence-corrected chi connectivity index (χ0v) is 13.8. The molecule has 0 aliphatic carbocycles. The van der Waals surface area contributed by atoms with E-state index < -0.39 is 0 Å². The van der Waals surface area contributed by atoms with Crippen molar-refractivity contribution >= 4 is 18.3 Å². The van der Waals surface area contributed by atoms with Gasteiger partial charge in [-0.05, 0) is 49.6 Å². The summed E-state index contributed by atoms with van der Waals surface area (Å²) in [7, 11) is 0. The molecule has 0 saturated carbocycles. The summed E-state index contributed by atoms with van der Waals surface area (Å²) in [4.78, 5) is 14.3. The standard InChI is InChI=1S/C16H24FN3O.ClH/c1-12-9-15(17)5-4-13(12)10-20-8-2-3-14(11-20)16(21)19-7-6-18;/h4-5,9,14H,2-3,6-8,10-11,18H2,1H3,(H,19,21);1H. The fraction of sp³-hybridized carbons (Fsp3) is 0.562. The van der Waals surface area contributed by atoms with Crippen LogP contribution < -0.4 is 11.1 Å². The van der Waals surface area contributed by atoms with Gasteiger partial charge >= 0.3 is 0 Å². The van der Waals surface area contributed by atoms with Crippen molar-refractivity contribution in [3.8, 4) is 0 Å². The third kappa shape index (κ3) is 5.23. The highest BCUT2D eigenvalue weighted by molar-refractivity contribution is 5.85. The molecule has 2 rings (SSSR count). The van der Waals surface area contributed by atoms with Crippen LogP contribution in [0.2, 0.25) is 0 Å². The van der Waals surface area contributed by atoms with Crippen LogP contribution in [0, 0.1) is 18.7 Å². The number of benzene rings is 1. The Balaban J connectivity index is 0.00000242. The van der Waals surface area contributed by atoms with Gasteiger partial charge in [0.05, 0.1) is 5.92 Å². The van der Waals surface area contributed by atoms with Gasteiger partial charge in [0.15, 0.2) is 0 Å². The Morgan fingerprint density at radius 2 is 2.27 bits per heavy atom. The van der Waals surface area contributed by atoms with Crippen LogP contribution in [0.3, 0.4) is 0 Å². The molecule has 1 unspecified atom stereocenters. The van der Waals surface area contributed by atoms with Gasteiger partial charge in [-0.25, -0.2) is 4.39 Å². The molecule has 1 fully saturated rings. The minimum Gasteiger partial charge on any atom is -0.355 e. The minimum atomic E-state index is -0.200. The van der Waals surface area contributed by atoms with E-state index in [0.717, 1.165) is 43.6 Å². The minimum absolute atomic E-state index is 0. The summed E-state index contributed by atoms with van der Waals surface area (Å²) in [5, 5.41) is 2.87. The van der Waals surface area contributed by atoms with Gasteiger partial charge < -0.3 is 11.1 Å². The van der Waals surface area contributed by atoms with Gasteiger partial charge in [-0.15, -0.1) is 12.4 Å². The number of piperidine rings is 1. The van der Waals surface area contributed by atoms with Crippen molar-refractivity contribution in [3.63, 3.8) is 0 Å². The largest absolute Gasteiger partial charge is 0.355 e. The number of nitrogens with two attached hydrogens (primary N) is 1. The first kappa shape index (κ1) is 18.9. The molecule has 1 heterocycles. The molecule has 0 spiro atoms. The molecule has 1 aromatic carbocycles. The summed E-state index contributed by atoms with van der Waals surface area (Å²) in [6, 6.07) is 4.89. The Hall–Kier alpha value is -1.17. The zero-order valence-electron chi connectivity index (χ0n) is 13.0. The maximum Gasteiger partial charge on any atom is 0.224 e. The molecular formula is C16H25ClFN3O. The van der Waals surface area contributed by atoms with E-state index in [0.29, 0.717) is 13.1 Å². The number of nitrogens with zero attached hydrogens (tertiary/aromatic N) is 1. The van der Waals surface area contributed by atoms with Crippen LogP contribution in [0.4, 0.5) is 4.39 Å².